The maximum absolute atomic E-state index is 6.09. The quantitative estimate of drug-likeness (QED) is 0.434. The third-order valence-electron chi connectivity index (χ3n) is 3.85. The molecule has 0 atom stereocenters. The van der Waals surface area contributed by atoms with Gasteiger partial charge in [0.15, 0.2) is 12.4 Å². The van der Waals surface area contributed by atoms with Crippen LogP contribution >= 0.6 is 23.2 Å². The second kappa shape index (κ2) is 7.42. The molecular formula is C19H13Cl2N3O3. The van der Waals surface area contributed by atoms with Crippen LogP contribution in [-0.4, -0.2) is 15.4 Å². The number of hydrogen-bond donors (Lipinski definition) is 0. The number of ether oxygens (including phenoxy) is 1. The van der Waals surface area contributed by atoms with Crippen LogP contribution in [0.25, 0.3) is 22.7 Å². The van der Waals surface area contributed by atoms with Gasteiger partial charge in [0.2, 0.25) is 0 Å². The third kappa shape index (κ3) is 3.54. The molecule has 0 aliphatic rings. The Kier molecular flexibility index (Phi) is 4.83. The Morgan fingerprint density at radius 3 is 2.44 bits per heavy atom. The lowest BCUT2D eigenvalue weighted by Gasteiger charge is -2.07. The molecule has 27 heavy (non-hydrogen) atoms. The van der Waals surface area contributed by atoms with E-state index in [1.165, 1.54) is 0 Å². The molecule has 2 aromatic heterocycles. The van der Waals surface area contributed by atoms with E-state index in [9.17, 15) is 0 Å². The summed E-state index contributed by atoms with van der Waals surface area (Å²) in [6.07, 6.45) is 0. The van der Waals surface area contributed by atoms with Gasteiger partial charge in [-0.2, -0.15) is 0 Å². The number of halogens is 2. The zero-order chi connectivity index (χ0) is 18.8. The highest BCUT2D eigenvalue weighted by Gasteiger charge is 2.22. The molecule has 0 radical (unpaired) electrons. The average Bonchev–Trinajstić information content (AvgIpc) is 3.28. The number of benzene rings is 2. The fourth-order valence-corrected chi connectivity index (χ4v) is 3.09. The Balaban J connectivity index is 1.60. The van der Waals surface area contributed by atoms with Crippen molar-refractivity contribution in [2.75, 3.05) is 0 Å². The number of hydrogen-bond acceptors (Lipinski definition) is 6. The van der Waals surface area contributed by atoms with Crippen LogP contribution < -0.4 is 4.74 Å². The van der Waals surface area contributed by atoms with E-state index in [0.29, 0.717) is 38.7 Å². The van der Waals surface area contributed by atoms with Crippen molar-refractivity contribution in [3.05, 3.63) is 70.2 Å². The number of aromatic nitrogens is 3. The average molecular weight is 402 g/mol. The highest BCUT2D eigenvalue weighted by atomic mass is 35.5. The van der Waals surface area contributed by atoms with Crippen molar-refractivity contribution in [3.8, 4) is 28.5 Å². The Morgan fingerprint density at radius 1 is 0.963 bits per heavy atom. The van der Waals surface area contributed by atoms with Crippen LogP contribution in [0.3, 0.4) is 0 Å². The molecule has 0 aliphatic heterocycles. The zero-order valence-corrected chi connectivity index (χ0v) is 15.7. The van der Waals surface area contributed by atoms with E-state index >= 15 is 0 Å². The topological polar surface area (TPSA) is 74.2 Å². The normalized spacial score (nSPS) is 10.9. The van der Waals surface area contributed by atoms with Crippen molar-refractivity contribution in [1.82, 2.24) is 15.4 Å². The second-order valence-electron chi connectivity index (χ2n) is 5.67. The Morgan fingerprint density at radius 2 is 1.70 bits per heavy atom. The first kappa shape index (κ1) is 17.6. The minimum absolute atomic E-state index is 0.0292. The summed E-state index contributed by atoms with van der Waals surface area (Å²) in [6.45, 7) is 1.82. The van der Waals surface area contributed by atoms with E-state index < -0.39 is 0 Å². The second-order valence-corrected chi connectivity index (χ2v) is 6.48. The van der Waals surface area contributed by atoms with Gasteiger partial charge in [-0.1, -0.05) is 64.8 Å². The van der Waals surface area contributed by atoms with Crippen LogP contribution in [0.1, 0.15) is 11.7 Å². The predicted molar refractivity (Wildman–Crippen MR) is 101 cm³/mol. The van der Waals surface area contributed by atoms with Crippen LogP contribution in [0.15, 0.2) is 57.5 Å². The maximum Gasteiger partial charge on any atom is 0.254 e. The molecule has 0 aliphatic carbocycles. The van der Waals surface area contributed by atoms with Crippen molar-refractivity contribution in [1.29, 1.82) is 0 Å². The monoisotopic (exact) mass is 401 g/mol. The summed E-state index contributed by atoms with van der Waals surface area (Å²) >= 11 is 12.2. The van der Waals surface area contributed by atoms with Gasteiger partial charge in [-0.25, -0.2) is 0 Å². The lowest BCUT2D eigenvalue weighted by molar-refractivity contribution is 0.265. The van der Waals surface area contributed by atoms with Crippen LogP contribution in [-0.2, 0) is 6.61 Å². The van der Waals surface area contributed by atoms with Gasteiger partial charge in [0.1, 0.15) is 17.0 Å². The fraction of sp³-hybridized carbons (Fsp3) is 0.105. The predicted octanol–water partition coefficient (Wildman–Crippen LogP) is 5.59. The summed E-state index contributed by atoms with van der Waals surface area (Å²) in [5.41, 5.74) is 2.18. The van der Waals surface area contributed by atoms with E-state index in [2.05, 4.69) is 15.4 Å². The lowest BCUT2D eigenvalue weighted by Crippen LogP contribution is -1.96. The molecule has 0 saturated heterocycles. The minimum atomic E-state index is 0.0292. The highest BCUT2D eigenvalue weighted by molar-refractivity contribution is 6.37. The Bertz CT molecular complexity index is 1060. The van der Waals surface area contributed by atoms with E-state index in [-0.39, 0.29) is 12.5 Å². The smallest absolute Gasteiger partial charge is 0.254 e. The summed E-state index contributed by atoms with van der Waals surface area (Å²) in [6, 6.07) is 14.7. The number of aryl methyl sites for hydroxylation is 1. The molecule has 0 fully saturated rings. The van der Waals surface area contributed by atoms with Gasteiger partial charge in [0.25, 0.3) is 11.8 Å². The van der Waals surface area contributed by atoms with Crippen LogP contribution in [0.5, 0.6) is 5.75 Å². The third-order valence-corrected chi connectivity index (χ3v) is 4.44. The van der Waals surface area contributed by atoms with Crippen molar-refractivity contribution in [3.63, 3.8) is 0 Å². The molecular weight excluding hydrogens is 389 g/mol. The first-order valence-electron chi connectivity index (χ1n) is 8.04. The molecule has 4 aromatic rings. The molecule has 136 valence electrons. The van der Waals surface area contributed by atoms with Crippen molar-refractivity contribution in [2.45, 2.75) is 13.5 Å². The fourth-order valence-electron chi connectivity index (χ4n) is 2.58. The molecule has 2 aromatic carbocycles. The van der Waals surface area contributed by atoms with Gasteiger partial charge < -0.3 is 13.7 Å². The largest absolute Gasteiger partial charge is 0.481 e. The van der Waals surface area contributed by atoms with Crippen LogP contribution in [0.4, 0.5) is 0 Å². The SMILES string of the molecule is Cc1onc(-c2ccccc2)c1-c1nnc(COc2c(Cl)cccc2Cl)o1. The van der Waals surface area contributed by atoms with E-state index in [0.717, 1.165) is 5.56 Å². The highest BCUT2D eigenvalue weighted by Crippen LogP contribution is 2.35. The maximum atomic E-state index is 6.09. The number of rotatable bonds is 5. The van der Waals surface area contributed by atoms with E-state index in [4.69, 9.17) is 36.9 Å². The lowest BCUT2D eigenvalue weighted by atomic mass is 10.1. The molecule has 0 spiro atoms. The molecule has 4 rings (SSSR count). The van der Waals surface area contributed by atoms with Gasteiger partial charge in [0, 0.05) is 5.56 Å². The summed E-state index contributed by atoms with van der Waals surface area (Å²) in [7, 11) is 0. The van der Waals surface area contributed by atoms with Crippen molar-refractivity contribution >= 4 is 23.2 Å². The minimum Gasteiger partial charge on any atom is -0.481 e. The molecule has 2 heterocycles. The summed E-state index contributed by atoms with van der Waals surface area (Å²) in [5.74, 6) is 1.53. The summed E-state index contributed by atoms with van der Waals surface area (Å²) in [5, 5.41) is 13.1. The van der Waals surface area contributed by atoms with Gasteiger partial charge in [-0.15, -0.1) is 10.2 Å². The molecule has 0 unspecified atom stereocenters. The Labute approximate surface area is 164 Å². The Hall–Kier alpha value is -2.83. The van der Waals surface area contributed by atoms with Gasteiger partial charge in [0.05, 0.1) is 10.0 Å². The molecule has 8 heteroatoms. The van der Waals surface area contributed by atoms with Crippen molar-refractivity contribution in [2.24, 2.45) is 0 Å². The van der Waals surface area contributed by atoms with E-state index in [1.807, 2.05) is 30.3 Å². The molecule has 0 saturated carbocycles. The molecule has 0 bridgehead atoms. The van der Waals surface area contributed by atoms with Gasteiger partial charge in [-0.05, 0) is 19.1 Å². The summed E-state index contributed by atoms with van der Waals surface area (Å²) in [4.78, 5) is 0. The molecule has 6 nitrogen and oxygen atoms in total. The standard InChI is InChI=1S/C19H13Cl2N3O3/c1-11-16(17(24-27-11)12-6-3-2-4-7-12)19-23-22-15(26-19)10-25-18-13(20)8-5-9-14(18)21/h2-9H,10H2,1H3. The summed E-state index contributed by atoms with van der Waals surface area (Å²) < 4.78 is 16.7. The first-order valence-corrected chi connectivity index (χ1v) is 8.80. The molecule has 0 amide bonds. The first-order chi connectivity index (χ1) is 13.1. The van der Waals surface area contributed by atoms with Crippen LogP contribution in [0, 0.1) is 6.92 Å². The molecule has 0 N–H and O–H groups in total. The van der Waals surface area contributed by atoms with Crippen LogP contribution in [0.2, 0.25) is 10.0 Å². The zero-order valence-electron chi connectivity index (χ0n) is 14.1. The van der Waals surface area contributed by atoms with Crippen molar-refractivity contribution < 1.29 is 13.7 Å². The van der Waals surface area contributed by atoms with Gasteiger partial charge >= 0.3 is 0 Å². The van der Waals surface area contributed by atoms with Gasteiger partial charge in [-0.3, -0.25) is 0 Å². The number of nitrogens with zero attached hydrogens (tertiary/aromatic N) is 3. The number of para-hydroxylation sites is 1. The van der Waals surface area contributed by atoms with E-state index in [1.54, 1.807) is 25.1 Å².